The number of aromatic hydroxyl groups is 1. The van der Waals surface area contributed by atoms with Crippen LogP contribution >= 0.6 is 0 Å². The molecule has 2 aromatic carbocycles. The topological polar surface area (TPSA) is 100 Å². The Morgan fingerprint density at radius 1 is 1.19 bits per heavy atom. The van der Waals surface area contributed by atoms with Gasteiger partial charge in [0.15, 0.2) is 0 Å². The van der Waals surface area contributed by atoms with Gasteiger partial charge in [-0.1, -0.05) is 23.4 Å². The number of ether oxygens (including phenoxy) is 1. The van der Waals surface area contributed by atoms with Gasteiger partial charge in [0.25, 0.3) is 5.91 Å². The summed E-state index contributed by atoms with van der Waals surface area (Å²) in [5.74, 6) is -0.200. The summed E-state index contributed by atoms with van der Waals surface area (Å²) in [4.78, 5) is 32.5. The molecule has 2 heterocycles. The van der Waals surface area contributed by atoms with Crippen molar-refractivity contribution in [2.75, 3.05) is 18.4 Å². The number of likely N-dealkylation sites (tertiary alicyclic amines) is 1. The van der Waals surface area contributed by atoms with E-state index in [2.05, 4.69) is 10.5 Å². The fourth-order valence-electron chi connectivity index (χ4n) is 3.90. The highest BCUT2D eigenvalue weighted by atomic mass is 16.7. The van der Waals surface area contributed by atoms with E-state index in [9.17, 15) is 14.7 Å². The zero-order valence-electron chi connectivity index (χ0n) is 18.0. The predicted octanol–water partition coefficient (Wildman–Crippen LogP) is 4.03. The Labute approximate surface area is 180 Å². The number of nitrogens with zero attached hydrogens (tertiary/aromatic N) is 2. The first-order valence-corrected chi connectivity index (χ1v) is 10.4. The lowest BCUT2D eigenvalue weighted by molar-refractivity contribution is -0.110. The van der Waals surface area contributed by atoms with Gasteiger partial charge in [0.05, 0.1) is 0 Å². The average molecular weight is 425 g/mol. The zero-order chi connectivity index (χ0) is 22.2. The third-order valence-electron chi connectivity index (χ3n) is 5.54. The quantitative estimate of drug-likeness (QED) is 0.757. The van der Waals surface area contributed by atoms with E-state index in [4.69, 9.17) is 9.57 Å². The Morgan fingerprint density at radius 2 is 1.94 bits per heavy atom. The first kappa shape index (κ1) is 21.0. The van der Waals surface area contributed by atoms with Crippen molar-refractivity contribution in [3.05, 3.63) is 36.4 Å². The van der Waals surface area contributed by atoms with Gasteiger partial charge in [0.1, 0.15) is 22.7 Å². The summed E-state index contributed by atoms with van der Waals surface area (Å²) in [5, 5.41) is 18.4. The molecule has 0 aliphatic carbocycles. The molecule has 1 saturated heterocycles. The number of nitrogens with one attached hydrogen (secondary N) is 1. The lowest BCUT2D eigenvalue weighted by Crippen LogP contribution is -2.48. The van der Waals surface area contributed by atoms with Crippen molar-refractivity contribution in [3.8, 4) is 5.75 Å². The molecule has 2 N–H and O–H groups in total. The Balaban J connectivity index is 1.38. The minimum atomic E-state index is -0.567. The highest BCUT2D eigenvalue weighted by Crippen LogP contribution is 2.35. The van der Waals surface area contributed by atoms with E-state index in [1.807, 2.05) is 32.9 Å². The maximum atomic E-state index is 12.8. The van der Waals surface area contributed by atoms with Crippen LogP contribution in [0.4, 0.5) is 10.5 Å². The minimum absolute atomic E-state index is 0.131. The number of amides is 2. The van der Waals surface area contributed by atoms with Gasteiger partial charge in [-0.15, -0.1) is 0 Å². The van der Waals surface area contributed by atoms with Crippen molar-refractivity contribution in [2.24, 2.45) is 5.16 Å². The van der Waals surface area contributed by atoms with Gasteiger partial charge in [0.2, 0.25) is 0 Å². The van der Waals surface area contributed by atoms with Crippen LogP contribution in [0.15, 0.2) is 41.6 Å². The molecule has 8 nitrogen and oxygen atoms in total. The van der Waals surface area contributed by atoms with Crippen molar-refractivity contribution in [1.29, 1.82) is 0 Å². The highest BCUT2D eigenvalue weighted by molar-refractivity contribution is 6.43. The number of rotatable bonds is 2. The van der Waals surface area contributed by atoms with Crippen LogP contribution in [-0.2, 0) is 14.4 Å². The van der Waals surface area contributed by atoms with Gasteiger partial charge in [0, 0.05) is 43.4 Å². The van der Waals surface area contributed by atoms with Crippen molar-refractivity contribution in [1.82, 2.24) is 4.90 Å². The summed E-state index contributed by atoms with van der Waals surface area (Å²) in [6.07, 6.45) is 1.21. The van der Waals surface area contributed by atoms with Crippen LogP contribution in [0.5, 0.6) is 5.75 Å². The summed E-state index contributed by atoms with van der Waals surface area (Å²) in [7, 11) is 0. The second-order valence-electron chi connectivity index (χ2n) is 9.12. The largest absolute Gasteiger partial charge is 0.508 e. The van der Waals surface area contributed by atoms with Gasteiger partial charge >= 0.3 is 6.09 Å². The van der Waals surface area contributed by atoms with Crippen molar-refractivity contribution in [2.45, 2.75) is 51.2 Å². The van der Waals surface area contributed by atoms with Crippen molar-refractivity contribution in [3.63, 3.8) is 0 Å². The van der Waals surface area contributed by atoms with Crippen LogP contribution in [0.1, 0.15) is 40.0 Å². The molecule has 164 valence electrons. The Kier molecular flexibility index (Phi) is 5.24. The van der Waals surface area contributed by atoms with E-state index >= 15 is 0 Å². The van der Waals surface area contributed by atoms with Gasteiger partial charge < -0.3 is 24.9 Å². The number of phenolic OH excluding ortho intramolecular Hbond substituents is 1. The van der Waals surface area contributed by atoms with Crippen LogP contribution in [-0.4, -0.2) is 52.0 Å². The molecule has 0 aromatic heterocycles. The fraction of sp³-hybridized carbons (Fsp3) is 0.435. The number of oxime groups is 1. The normalized spacial score (nSPS) is 17.9. The van der Waals surface area contributed by atoms with Gasteiger partial charge in [-0.3, -0.25) is 4.79 Å². The molecule has 0 bridgehead atoms. The molecule has 2 aliphatic heterocycles. The lowest BCUT2D eigenvalue weighted by atomic mass is 9.87. The van der Waals surface area contributed by atoms with Crippen LogP contribution in [0.3, 0.4) is 0 Å². The maximum absolute atomic E-state index is 12.8. The molecule has 2 aromatic rings. The number of hydrogen-bond acceptors (Lipinski definition) is 6. The molecular formula is C23H27N3O5. The SMILES string of the molecule is CC(C)(C)OC(=O)N1CCC2(CC1)CC(C(=O)Nc1cccc3ccc(O)cc13)=NO2. The van der Waals surface area contributed by atoms with E-state index in [1.54, 1.807) is 29.2 Å². The lowest BCUT2D eigenvalue weighted by Gasteiger charge is -2.37. The minimum Gasteiger partial charge on any atom is -0.508 e. The standard InChI is InChI=1S/C23H27N3O5/c1-22(2,3)30-21(29)26-11-9-23(10-12-26)14-19(25-31-23)20(28)24-18-6-4-5-15-7-8-16(27)13-17(15)18/h4-8,13,27H,9-12,14H2,1-3H3,(H,24,28). The van der Waals surface area contributed by atoms with Crippen LogP contribution < -0.4 is 5.32 Å². The highest BCUT2D eigenvalue weighted by Gasteiger charge is 2.45. The van der Waals surface area contributed by atoms with Gasteiger partial charge in [-0.25, -0.2) is 4.79 Å². The summed E-state index contributed by atoms with van der Waals surface area (Å²) < 4.78 is 5.43. The fourth-order valence-corrected chi connectivity index (χ4v) is 3.90. The summed E-state index contributed by atoms with van der Waals surface area (Å²) in [6.45, 7) is 6.50. The van der Waals surface area contributed by atoms with E-state index in [0.717, 1.165) is 10.8 Å². The molecule has 2 amide bonds. The number of hydrogen-bond donors (Lipinski definition) is 2. The van der Waals surface area contributed by atoms with Crippen LogP contribution in [0.25, 0.3) is 10.8 Å². The molecule has 0 radical (unpaired) electrons. The van der Waals surface area contributed by atoms with Crippen molar-refractivity contribution < 1.29 is 24.3 Å². The number of anilines is 1. The number of fused-ring (bicyclic) bond motifs is 1. The van der Waals surface area contributed by atoms with Gasteiger partial charge in [-0.2, -0.15) is 0 Å². The molecule has 0 saturated carbocycles. The molecule has 0 atom stereocenters. The first-order chi connectivity index (χ1) is 14.6. The summed E-state index contributed by atoms with van der Waals surface area (Å²) in [5.41, 5.74) is -0.185. The second kappa shape index (κ2) is 7.76. The number of phenols is 1. The second-order valence-corrected chi connectivity index (χ2v) is 9.12. The molecule has 31 heavy (non-hydrogen) atoms. The Hall–Kier alpha value is -3.29. The summed E-state index contributed by atoms with van der Waals surface area (Å²) in [6, 6.07) is 10.6. The van der Waals surface area contributed by atoms with E-state index in [0.29, 0.717) is 43.8 Å². The molecule has 4 rings (SSSR count). The van der Waals surface area contributed by atoms with E-state index in [1.165, 1.54) is 0 Å². The number of benzene rings is 2. The Bertz CT molecular complexity index is 1050. The number of piperidine rings is 1. The van der Waals surface area contributed by atoms with Crippen molar-refractivity contribution >= 4 is 34.2 Å². The number of carbonyl (C=O) groups excluding carboxylic acids is 2. The predicted molar refractivity (Wildman–Crippen MR) is 117 cm³/mol. The van der Waals surface area contributed by atoms with E-state index in [-0.39, 0.29) is 17.7 Å². The number of carbonyl (C=O) groups is 2. The zero-order valence-corrected chi connectivity index (χ0v) is 18.0. The maximum Gasteiger partial charge on any atom is 0.410 e. The molecule has 8 heteroatoms. The molecule has 0 unspecified atom stereocenters. The smallest absolute Gasteiger partial charge is 0.410 e. The molecular weight excluding hydrogens is 398 g/mol. The van der Waals surface area contributed by atoms with Gasteiger partial charge in [-0.05, 0) is 44.4 Å². The third kappa shape index (κ3) is 4.57. The average Bonchev–Trinajstić information content (AvgIpc) is 3.11. The van der Waals surface area contributed by atoms with Crippen LogP contribution in [0.2, 0.25) is 0 Å². The first-order valence-electron chi connectivity index (χ1n) is 10.4. The third-order valence-corrected chi connectivity index (χ3v) is 5.54. The molecule has 1 fully saturated rings. The Morgan fingerprint density at radius 3 is 2.65 bits per heavy atom. The molecule has 1 spiro atoms. The monoisotopic (exact) mass is 425 g/mol. The molecule has 2 aliphatic rings. The van der Waals surface area contributed by atoms with E-state index < -0.39 is 11.2 Å². The van der Waals surface area contributed by atoms with Crippen LogP contribution in [0, 0.1) is 0 Å². The summed E-state index contributed by atoms with van der Waals surface area (Å²) >= 11 is 0.